The third-order valence-corrected chi connectivity index (χ3v) is 5.32. The van der Waals surface area contributed by atoms with Crippen LogP contribution in [-0.2, 0) is 9.53 Å². The van der Waals surface area contributed by atoms with Crippen LogP contribution in [0.3, 0.4) is 0 Å². The van der Waals surface area contributed by atoms with E-state index in [1.54, 1.807) is 6.07 Å². The van der Waals surface area contributed by atoms with E-state index in [9.17, 15) is 19.2 Å². The zero-order valence-corrected chi connectivity index (χ0v) is 16.4. The number of anilines is 1. The summed E-state index contributed by atoms with van der Waals surface area (Å²) in [6.07, 6.45) is 2.22. The maximum absolute atomic E-state index is 12.4. The smallest absolute Gasteiger partial charge is 0.340 e. The molecule has 2 heterocycles. The molecule has 1 aliphatic carbocycles. The highest BCUT2D eigenvalue weighted by Gasteiger charge is 2.33. The molecule has 2 aliphatic rings. The van der Waals surface area contributed by atoms with Crippen molar-refractivity contribution >= 4 is 29.4 Å². The van der Waals surface area contributed by atoms with Crippen molar-refractivity contribution in [2.24, 2.45) is 0 Å². The molecule has 2 aromatic rings. The monoisotopic (exact) mass is 395 g/mol. The molecular formula is C21H21N3O5. The summed E-state index contributed by atoms with van der Waals surface area (Å²) in [7, 11) is 1.41. The predicted octanol–water partition coefficient (Wildman–Crippen LogP) is 2.46. The molecule has 150 valence electrons. The number of nitrogens with one attached hydrogen (secondary N) is 1. The van der Waals surface area contributed by atoms with Gasteiger partial charge >= 0.3 is 5.97 Å². The van der Waals surface area contributed by atoms with E-state index in [2.05, 4.69) is 9.88 Å². The van der Waals surface area contributed by atoms with Crippen LogP contribution in [-0.4, -0.2) is 46.8 Å². The Balaban J connectivity index is 1.39. The molecule has 4 rings (SSSR count). The van der Waals surface area contributed by atoms with E-state index in [0.717, 1.165) is 29.1 Å². The second kappa shape index (κ2) is 6.88. The fourth-order valence-corrected chi connectivity index (χ4v) is 3.72. The fraction of sp³-hybridized carbons (Fsp3) is 0.333. The number of imide groups is 1. The number of esters is 1. The van der Waals surface area contributed by atoms with E-state index >= 15 is 0 Å². The summed E-state index contributed by atoms with van der Waals surface area (Å²) in [4.78, 5) is 49.6. The number of benzene rings is 1. The highest BCUT2D eigenvalue weighted by atomic mass is 16.5. The van der Waals surface area contributed by atoms with E-state index in [1.807, 2.05) is 13.8 Å². The van der Waals surface area contributed by atoms with Gasteiger partial charge in [-0.25, -0.2) is 4.79 Å². The van der Waals surface area contributed by atoms with Gasteiger partial charge in [-0.15, -0.1) is 0 Å². The first-order valence-electron chi connectivity index (χ1n) is 9.39. The average Bonchev–Trinajstić information content (AvgIpc) is 3.44. The number of hydrogen-bond acceptors (Lipinski definition) is 5. The van der Waals surface area contributed by atoms with Gasteiger partial charge in [-0.2, -0.15) is 0 Å². The Morgan fingerprint density at radius 1 is 1.10 bits per heavy atom. The topological polar surface area (TPSA) is 97.7 Å². The molecule has 1 saturated carbocycles. The quantitative estimate of drug-likeness (QED) is 0.620. The molecule has 1 aromatic heterocycles. The third-order valence-electron chi connectivity index (χ3n) is 5.32. The van der Waals surface area contributed by atoms with Gasteiger partial charge in [0.2, 0.25) is 0 Å². The minimum absolute atomic E-state index is 0.236. The summed E-state index contributed by atoms with van der Waals surface area (Å²) in [6.45, 7) is 3.38. The molecule has 0 bridgehead atoms. The Hall–Kier alpha value is -3.42. The average molecular weight is 395 g/mol. The van der Waals surface area contributed by atoms with Gasteiger partial charge in [0.1, 0.15) is 0 Å². The van der Waals surface area contributed by atoms with Gasteiger partial charge in [0.15, 0.2) is 6.61 Å². The van der Waals surface area contributed by atoms with Crippen molar-refractivity contribution in [3.05, 3.63) is 52.3 Å². The van der Waals surface area contributed by atoms with Crippen LogP contribution in [0.2, 0.25) is 0 Å². The second-order valence-electron chi connectivity index (χ2n) is 7.44. The first kappa shape index (κ1) is 18.9. The number of amides is 3. The maximum atomic E-state index is 12.4. The lowest BCUT2D eigenvalue weighted by Crippen LogP contribution is -2.24. The molecule has 1 aliphatic heterocycles. The van der Waals surface area contributed by atoms with Crippen LogP contribution in [0.25, 0.3) is 0 Å². The SMILES string of the molecule is Cc1cc(C(=O)OCC(=O)Nc2ccc3c(c2)C(=O)N(C)C3=O)c(C)n1C1CC1. The van der Waals surface area contributed by atoms with E-state index in [4.69, 9.17) is 4.74 Å². The number of rotatable bonds is 5. The first-order chi connectivity index (χ1) is 13.8. The van der Waals surface area contributed by atoms with Crippen molar-refractivity contribution < 1.29 is 23.9 Å². The zero-order chi connectivity index (χ0) is 20.9. The highest BCUT2D eigenvalue weighted by Crippen LogP contribution is 2.38. The molecule has 29 heavy (non-hydrogen) atoms. The van der Waals surface area contributed by atoms with E-state index in [-0.39, 0.29) is 11.5 Å². The minimum atomic E-state index is -0.545. The molecule has 1 aromatic carbocycles. The van der Waals surface area contributed by atoms with Crippen LogP contribution in [0.15, 0.2) is 24.3 Å². The van der Waals surface area contributed by atoms with Crippen LogP contribution in [0.1, 0.15) is 61.3 Å². The number of hydrogen-bond donors (Lipinski definition) is 1. The summed E-state index contributed by atoms with van der Waals surface area (Å²) in [5.74, 6) is -1.87. The van der Waals surface area contributed by atoms with Crippen LogP contribution in [0.4, 0.5) is 5.69 Å². The van der Waals surface area contributed by atoms with Gasteiger partial charge in [-0.3, -0.25) is 19.3 Å². The molecule has 0 atom stereocenters. The predicted molar refractivity (Wildman–Crippen MR) is 104 cm³/mol. The molecule has 8 nitrogen and oxygen atoms in total. The van der Waals surface area contributed by atoms with Crippen LogP contribution >= 0.6 is 0 Å². The summed E-state index contributed by atoms with van der Waals surface area (Å²) in [5, 5.41) is 2.58. The number of fused-ring (bicyclic) bond motifs is 1. The van der Waals surface area contributed by atoms with Gasteiger partial charge < -0.3 is 14.6 Å². The number of aromatic nitrogens is 1. The van der Waals surface area contributed by atoms with Crippen LogP contribution in [0, 0.1) is 13.8 Å². The summed E-state index contributed by atoms with van der Waals surface area (Å²) >= 11 is 0. The largest absolute Gasteiger partial charge is 0.452 e. The minimum Gasteiger partial charge on any atom is -0.452 e. The van der Waals surface area contributed by atoms with E-state index in [1.165, 1.54) is 25.2 Å². The maximum Gasteiger partial charge on any atom is 0.340 e. The first-order valence-corrected chi connectivity index (χ1v) is 9.39. The van der Waals surface area contributed by atoms with Crippen molar-refractivity contribution in [1.82, 2.24) is 9.47 Å². The molecule has 1 fully saturated rings. The van der Waals surface area contributed by atoms with Crippen molar-refractivity contribution in [1.29, 1.82) is 0 Å². The molecule has 8 heteroatoms. The lowest BCUT2D eigenvalue weighted by Gasteiger charge is -2.09. The van der Waals surface area contributed by atoms with Gasteiger partial charge in [0.05, 0.1) is 16.7 Å². The number of carbonyl (C=O) groups is 4. The van der Waals surface area contributed by atoms with Crippen LogP contribution < -0.4 is 5.32 Å². The third kappa shape index (κ3) is 3.30. The second-order valence-corrected chi connectivity index (χ2v) is 7.44. The number of nitrogens with zero attached hydrogens (tertiary/aromatic N) is 2. The van der Waals surface area contributed by atoms with Crippen molar-refractivity contribution in [2.75, 3.05) is 19.0 Å². The van der Waals surface area contributed by atoms with Crippen molar-refractivity contribution in [3.8, 4) is 0 Å². The summed E-state index contributed by atoms with van der Waals surface area (Å²) < 4.78 is 7.30. The normalized spacial score (nSPS) is 15.5. The Morgan fingerprint density at radius 3 is 2.48 bits per heavy atom. The van der Waals surface area contributed by atoms with Gasteiger partial charge in [-0.1, -0.05) is 0 Å². The molecule has 0 radical (unpaired) electrons. The molecule has 0 unspecified atom stereocenters. The number of carbonyl (C=O) groups excluding carboxylic acids is 4. The Labute approximate surface area is 167 Å². The molecular weight excluding hydrogens is 374 g/mol. The number of ether oxygens (including phenoxy) is 1. The van der Waals surface area contributed by atoms with E-state index in [0.29, 0.717) is 22.9 Å². The fourth-order valence-electron chi connectivity index (χ4n) is 3.72. The summed E-state index contributed by atoms with van der Waals surface area (Å²) in [6, 6.07) is 6.71. The van der Waals surface area contributed by atoms with Gasteiger partial charge in [0, 0.05) is 30.2 Å². The Kier molecular flexibility index (Phi) is 4.49. The van der Waals surface area contributed by atoms with Crippen molar-refractivity contribution in [2.45, 2.75) is 32.7 Å². The lowest BCUT2D eigenvalue weighted by atomic mass is 10.1. The Morgan fingerprint density at radius 2 is 1.79 bits per heavy atom. The molecule has 1 N–H and O–H groups in total. The van der Waals surface area contributed by atoms with Gasteiger partial charge in [-0.05, 0) is 51.0 Å². The lowest BCUT2D eigenvalue weighted by molar-refractivity contribution is -0.119. The standard InChI is InChI=1S/C21H21N3O5/c1-11-8-16(12(2)24(11)14-5-6-14)21(28)29-10-18(25)22-13-4-7-15-17(9-13)20(27)23(3)19(15)26/h4,7-9,14H,5-6,10H2,1-3H3,(H,22,25). The van der Waals surface area contributed by atoms with Gasteiger partial charge in [0.25, 0.3) is 17.7 Å². The molecule has 0 spiro atoms. The summed E-state index contributed by atoms with van der Waals surface area (Å²) in [5.41, 5.74) is 3.21. The Bertz CT molecular complexity index is 1060. The zero-order valence-electron chi connectivity index (χ0n) is 16.4. The van der Waals surface area contributed by atoms with Crippen LogP contribution in [0.5, 0.6) is 0 Å². The van der Waals surface area contributed by atoms with Crippen molar-refractivity contribution in [3.63, 3.8) is 0 Å². The van der Waals surface area contributed by atoms with E-state index < -0.39 is 24.4 Å². The highest BCUT2D eigenvalue weighted by molar-refractivity contribution is 6.21. The number of aryl methyl sites for hydroxylation is 1. The molecule has 0 saturated heterocycles. The molecule has 3 amide bonds.